The summed E-state index contributed by atoms with van der Waals surface area (Å²) in [6.07, 6.45) is 0. The van der Waals surface area contributed by atoms with Gasteiger partial charge < -0.3 is 4.98 Å². The highest BCUT2D eigenvalue weighted by molar-refractivity contribution is 7.17. The van der Waals surface area contributed by atoms with Crippen molar-refractivity contribution in [2.24, 2.45) is 0 Å². The molecule has 19 heavy (non-hydrogen) atoms. The third-order valence-electron chi connectivity index (χ3n) is 2.84. The molecule has 0 atom stereocenters. The van der Waals surface area contributed by atoms with Gasteiger partial charge >= 0.3 is 11.1 Å². The van der Waals surface area contributed by atoms with E-state index in [-0.39, 0.29) is 0 Å². The number of fused-ring (bicyclic) bond motifs is 1. The molecule has 4 nitrogen and oxygen atoms in total. The maximum atomic E-state index is 12.0. The summed E-state index contributed by atoms with van der Waals surface area (Å²) in [6.45, 7) is 0.330. The fourth-order valence-corrected chi connectivity index (χ4v) is 3.17. The predicted molar refractivity (Wildman–Crippen MR) is 77.3 cm³/mol. The van der Waals surface area contributed by atoms with E-state index in [4.69, 9.17) is 11.6 Å². The molecule has 0 radical (unpaired) electrons. The molecular weight excluding hydrogens is 284 g/mol. The van der Waals surface area contributed by atoms with Crippen molar-refractivity contribution in [3.63, 3.8) is 0 Å². The van der Waals surface area contributed by atoms with Gasteiger partial charge in [-0.05, 0) is 5.56 Å². The number of nitrogens with zero attached hydrogens (tertiary/aromatic N) is 1. The molecule has 2 aromatic heterocycles. The molecule has 3 aromatic rings. The first-order valence-corrected chi connectivity index (χ1v) is 6.86. The molecule has 0 unspecified atom stereocenters. The summed E-state index contributed by atoms with van der Waals surface area (Å²) in [7, 11) is 0. The van der Waals surface area contributed by atoms with Crippen LogP contribution < -0.4 is 11.1 Å². The van der Waals surface area contributed by atoms with Gasteiger partial charge in [-0.1, -0.05) is 41.9 Å². The van der Waals surface area contributed by atoms with Gasteiger partial charge in [-0.2, -0.15) is 0 Å². The van der Waals surface area contributed by atoms with Crippen LogP contribution in [0.5, 0.6) is 0 Å². The van der Waals surface area contributed by atoms with Crippen LogP contribution in [0.15, 0.2) is 45.3 Å². The molecule has 0 aliphatic heterocycles. The van der Waals surface area contributed by atoms with Crippen LogP contribution >= 0.6 is 22.9 Å². The van der Waals surface area contributed by atoms with E-state index in [2.05, 4.69) is 4.98 Å². The number of aromatic amines is 1. The minimum absolute atomic E-state index is 0.330. The fraction of sp³-hybridized carbons (Fsp3) is 0.0769. The molecule has 0 spiro atoms. The van der Waals surface area contributed by atoms with Crippen LogP contribution in [0.2, 0.25) is 5.02 Å². The first kappa shape index (κ1) is 12.2. The Morgan fingerprint density at radius 3 is 2.68 bits per heavy atom. The third kappa shape index (κ3) is 2.11. The SMILES string of the molecule is O=c1[nH]c2scc(Cl)c2n(Cc2ccccc2)c1=O. The van der Waals surface area contributed by atoms with E-state index < -0.39 is 11.1 Å². The molecular formula is C13H9ClN2O2S. The van der Waals surface area contributed by atoms with Crippen molar-refractivity contribution in [2.75, 3.05) is 0 Å². The molecule has 1 aromatic carbocycles. The van der Waals surface area contributed by atoms with Gasteiger partial charge in [0.05, 0.1) is 17.1 Å². The van der Waals surface area contributed by atoms with Crippen molar-refractivity contribution in [1.29, 1.82) is 0 Å². The number of aromatic nitrogens is 2. The van der Waals surface area contributed by atoms with Crippen molar-refractivity contribution < 1.29 is 0 Å². The van der Waals surface area contributed by atoms with Gasteiger partial charge in [0.15, 0.2) is 0 Å². The van der Waals surface area contributed by atoms with Crippen LogP contribution in [0.1, 0.15) is 5.56 Å². The van der Waals surface area contributed by atoms with Gasteiger partial charge in [-0.3, -0.25) is 14.2 Å². The normalized spacial score (nSPS) is 11.0. The molecule has 0 saturated heterocycles. The van der Waals surface area contributed by atoms with Crippen LogP contribution in [0.25, 0.3) is 10.3 Å². The van der Waals surface area contributed by atoms with Gasteiger partial charge in [0, 0.05) is 5.38 Å². The molecule has 0 aliphatic carbocycles. The Morgan fingerprint density at radius 1 is 1.21 bits per heavy atom. The smallest absolute Gasteiger partial charge is 0.308 e. The second-order valence-corrected chi connectivity index (χ2v) is 5.38. The standard InChI is InChI=1S/C13H9ClN2O2S/c14-9-7-19-12-10(9)16(13(18)11(17)15-12)6-8-4-2-1-3-5-8/h1-5,7H,6H2,(H,15,17). The van der Waals surface area contributed by atoms with E-state index in [1.165, 1.54) is 15.9 Å². The summed E-state index contributed by atoms with van der Waals surface area (Å²) in [5, 5.41) is 2.19. The van der Waals surface area contributed by atoms with E-state index in [0.717, 1.165) is 5.56 Å². The molecule has 96 valence electrons. The highest BCUT2D eigenvalue weighted by Gasteiger charge is 2.12. The average molecular weight is 293 g/mol. The maximum absolute atomic E-state index is 12.0. The molecule has 0 aliphatic rings. The number of benzene rings is 1. The van der Waals surface area contributed by atoms with Gasteiger partial charge in [-0.25, -0.2) is 0 Å². The Balaban J connectivity index is 2.27. The van der Waals surface area contributed by atoms with Crippen LogP contribution in [0, 0.1) is 0 Å². The lowest BCUT2D eigenvalue weighted by Crippen LogP contribution is -2.36. The Hall–Kier alpha value is -1.85. The number of hydrogen-bond donors (Lipinski definition) is 1. The molecule has 6 heteroatoms. The van der Waals surface area contributed by atoms with Crippen molar-refractivity contribution in [1.82, 2.24) is 9.55 Å². The second kappa shape index (κ2) is 4.68. The molecule has 3 rings (SSSR count). The number of hydrogen-bond acceptors (Lipinski definition) is 3. The number of nitrogens with one attached hydrogen (secondary N) is 1. The zero-order chi connectivity index (χ0) is 13.4. The maximum Gasteiger partial charge on any atom is 0.317 e. The van der Waals surface area contributed by atoms with E-state index in [9.17, 15) is 9.59 Å². The highest BCUT2D eigenvalue weighted by atomic mass is 35.5. The van der Waals surface area contributed by atoms with E-state index in [0.29, 0.717) is 21.9 Å². The van der Waals surface area contributed by atoms with E-state index >= 15 is 0 Å². The summed E-state index contributed by atoms with van der Waals surface area (Å²) in [6, 6.07) is 9.48. The minimum atomic E-state index is -0.623. The Morgan fingerprint density at radius 2 is 1.95 bits per heavy atom. The first-order chi connectivity index (χ1) is 9.16. The lowest BCUT2D eigenvalue weighted by molar-refractivity contribution is 0.778. The summed E-state index contributed by atoms with van der Waals surface area (Å²) in [5.41, 5.74) is 0.317. The van der Waals surface area contributed by atoms with Gasteiger partial charge in [0.25, 0.3) is 0 Å². The summed E-state index contributed by atoms with van der Waals surface area (Å²) in [5.74, 6) is 0. The minimum Gasteiger partial charge on any atom is -0.308 e. The van der Waals surface area contributed by atoms with Crippen molar-refractivity contribution in [2.45, 2.75) is 6.54 Å². The molecule has 2 heterocycles. The molecule has 0 amide bonds. The zero-order valence-electron chi connectivity index (χ0n) is 9.72. The summed E-state index contributed by atoms with van der Waals surface area (Å²) >= 11 is 7.41. The molecule has 1 N–H and O–H groups in total. The lowest BCUT2D eigenvalue weighted by Gasteiger charge is -2.07. The van der Waals surface area contributed by atoms with Crippen LogP contribution in [-0.2, 0) is 6.54 Å². The highest BCUT2D eigenvalue weighted by Crippen LogP contribution is 2.26. The lowest BCUT2D eigenvalue weighted by atomic mass is 10.2. The fourth-order valence-electron chi connectivity index (χ4n) is 1.97. The van der Waals surface area contributed by atoms with Crippen molar-refractivity contribution in [3.8, 4) is 0 Å². The van der Waals surface area contributed by atoms with Crippen LogP contribution in [0.3, 0.4) is 0 Å². The number of H-pyrrole nitrogens is 1. The predicted octanol–water partition coefficient (Wildman–Crippen LogP) is 2.45. The number of halogens is 1. The van der Waals surface area contributed by atoms with Crippen LogP contribution in [0.4, 0.5) is 0 Å². The Kier molecular flexibility index (Phi) is 3.00. The second-order valence-electron chi connectivity index (χ2n) is 4.09. The van der Waals surface area contributed by atoms with Gasteiger partial charge in [0.2, 0.25) is 0 Å². The zero-order valence-corrected chi connectivity index (χ0v) is 11.3. The molecule has 0 bridgehead atoms. The Labute approximate surface area is 116 Å². The van der Waals surface area contributed by atoms with Gasteiger partial charge in [0.1, 0.15) is 4.83 Å². The van der Waals surface area contributed by atoms with E-state index in [1.54, 1.807) is 5.38 Å². The molecule has 0 fully saturated rings. The topological polar surface area (TPSA) is 54.9 Å². The van der Waals surface area contributed by atoms with Crippen molar-refractivity contribution in [3.05, 3.63) is 67.0 Å². The number of thiophene rings is 1. The van der Waals surface area contributed by atoms with Crippen molar-refractivity contribution >= 4 is 33.3 Å². The largest absolute Gasteiger partial charge is 0.317 e. The van der Waals surface area contributed by atoms with Gasteiger partial charge in [-0.15, -0.1) is 11.3 Å². The monoisotopic (exact) mass is 292 g/mol. The number of rotatable bonds is 2. The first-order valence-electron chi connectivity index (χ1n) is 5.60. The third-order valence-corrected chi connectivity index (χ3v) is 4.14. The Bertz CT molecular complexity index is 848. The van der Waals surface area contributed by atoms with Crippen LogP contribution in [-0.4, -0.2) is 9.55 Å². The van der Waals surface area contributed by atoms with E-state index in [1.807, 2.05) is 30.3 Å². The summed E-state index contributed by atoms with van der Waals surface area (Å²) < 4.78 is 1.42. The summed E-state index contributed by atoms with van der Waals surface area (Å²) in [4.78, 5) is 26.8. The average Bonchev–Trinajstić information content (AvgIpc) is 2.77. The molecule has 0 saturated carbocycles. The quantitative estimate of drug-likeness (QED) is 0.738.